The smallest absolute Gasteiger partial charge is 0.235 e. The Morgan fingerprint density at radius 1 is 1.15 bits per heavy atom. The van der Waals surface area contributed by atoms with Gasteiger partial charge in [0.2, 0.25) is 6.08 Å². The Hall–Kier alpha value is -1.64. The minimum Gasteiger partial charge on any atom is -0.369 e. The van der Waals surface area contributed by atoms with Gasteiger partial charge in [-0.3, -0.25) is 0 Å². The Morgan fingerprint density at radius 3 is 2.45 bits per heavy atom. The van der Waals surface area contributed by atoms with Crippen LogP contribution in [0.2, 0.25) is 0 Å². The minimum atomic E-state index is -0.304. The molecule has 0 unspecified atom stereocenters. The van der Waals surface area contributed by atoms with Gasteiger partial charge >= 0.3 is 0 Å². The predicted molar refractivity (Wildman–Crippen MR) is 79.8 cm³/mol. The summed E-state index contributed by atoms with van der Waals surface area (Å²) in [6.07, 6.45) is 4.87. The minimum absolute atomic E-state index is 0.304. The van der Waals surface area contributed by atoms with Gasteiger partial charge in [0.15, 0.2) is 0 Å². The molecule has 3 rings (SSSR count). The highest BCUT2D eigenvalue weighted by Crippen LogP contribution is 2.48. The van der Waals surface area contributed by atoms with E-state index in [0.29, 0.717) is 0 Å². The number of nitrogens with zero attached hydrogens (tertiary/aromatic N) is 3. The number of carbonyl (C=O) groups excluding carboxylic acids is 1. The average molecular weight is 271 g/mol. The van der Waals surface area contributed by atoms with Crippen LogP contribution in [0.1, 0.15) is 24.8 Å². The van der Waals surface area contributed by atoms with E-state index in [-0.39, 0.29) is 5.54 Å². The first-order chi connectivity index (χ1) is 9.75. The van der Waals surface area contributed by atoms with Gasteiger partial charge in [-0.1, -0.05) is 18.2 Å². The summed E-state index contributed by atoms with van der Waals surface area (Å²) < 4.78 is 0. The van der Waals surface area contributed by atoms with Crippen molar-refractivity contribution >= 4 is 11.8 Å². The van der Waals surface area contributed by atoms with E-state index < -0.39 is 0 Å². The summed E-state index contributed by atoms with van der Waals surface area (Å²) in [7, 11) is 2.16. The van der Waals surface area contributed by atoms with Crippen molar-refractivity contribution in [2.75, 3.05) is 38.1 Å². The highest BCUT2D eigenvalue weighted by Gasteiger charge is 2.41. The molecule has 1 aliphatic heterocycles. The first-order valence-electron chi connectivity index (χ1n) is 7.37. The van der Waals surface area contributed by atoms with E-state index in [4.69, 9.17) is 0 Å². The predicted octanol–water partition coefficient (Wildman–Crippen LogP) is 2.15. The second kappa shape index (κ2) is 5.39. The topological polar surface area (TPSA) is 35.9 Å². The van der Waals surface area contributed by atoms with Gasteiger partial charge in [0.25, 0.3) is 0 Å². The third-order valence-corrected chi connectivity index (χ3v) is 4.69. The van der Waals surface area contributed by atoms with Crippen molar-refractivity contribution in [1.29, 1.82) is 0 Å². The van der Waals surface area contributed by atoms with E-state index in [0.717, 1.165) is 45.4 Å². The monoisotopic (exact) mass is 271 g/mol. The zero-order valence-corrected chi connectivity index (χ0v) is 12.0. The molecular weight excluding hydrogens is 250 g/mol. The molecule has 2 aliphatic rings. The maximum Gasteiger partial charge on any atom is 0.235 e. The van der Waals surface area contributed by atoms with Gasteiger partial charge in [0.1, 0.15) is 5.54 Å². The van der Waals surface area contributed by atoms with E-state index in [1.54, 1.807) is 6.08 Å². The average Bonchev–Trinajstić information content (AvgIpc) is 2.44. The fourth-order valence-corrected chi connectivity index (χ4v) is 3.23. The molecule has 0 N–H and O–H groups in total. The number of piperazine rings is 1. The molecule has 106 valence electrons. The number of benzene rings is 1. The Bertz CT molecular complexity index is 524. The standard InChI is InChI=1S/C16H21N3O/c1-18-9-11-19(12-10-18)15-6-3-2-5-14(15)16(17-13-20)7-4-8-16/h2-3,5-6H,4,7-12H2,1H3. The van der Waals surface area contributed by atoms with Gasteiger partial charge in [-0.25, -0.2) is 4.79 Å². The molecule has 4 nitrogen and oxygen atoms in total. The second-order valence-corrected chi connectivity index (χ2v) is 5.90. The Balaban J connectivity index is 1.94. The molecule has 0 atom stereocenters. The van der Waals surface area contributed by atoms with Crippen LogP contribution in [0.4, 0.5) is 5.69 Å². The summed E-state index contributed by atoms with van der Waals surface area (Å²) in [6.45, 7) is 4.24. The van der Waals surface area contributed by atoms with Gasteiger partial charge in [0, 0.05) is 37.4 Å². The molecule has 1 aromatic rings. The van der Waals surface area contributed by atoms with E-state index in [1.165, 1.54) is 11.3 Å². The lowest BCUT2D eigenvalue weighted by molar-refractivity contribution is 0.255. The third-order valence-electron chi connectivity index (χ3n) is 4.69. The van der Waals surface area contributed by atoms with Crippen molar-refractivity contribution in [3.8, 4) is 0 Å². The number of para-hydroxylation sites is 1. The van der Waals surface area contributed by atoms with Crippen LogP contribution in [-0.2, 0) is 10.3 Å². The van der Waals surface area contributed by atoms with Crippen molar-refractivity contribution in [2.45, 2.75) is 24.8 Å². The number of likely N-dealkylation sites (N-methyl/N-ethyl adjacent to an activating group) is 1. The molecular formula is C16H21N3O. The number of hydrogen-bond acceptors (Lipinski definition) is 4. The fraction of sp³-hybridized carbons (Fsp3) is 0.562. The van der Waals surface area contributed by atoms with Crippen molar-refractivity contribution in [3.05, 3.63) is 29.8 Å². The molecule has 2 fully saturated rings. The molecule has 1 aliphatic carbocycles. The first kappa shape index (κ1) is 13.3. The highest BCUT2D eigenvalue weighted by molar-refractivity contribution is 5.58. The van der Waals surface area contributed by atoms with E-state index >= 15 is 0 Å². The zero-order valence-electron chi connectivity index (χ0n) is 12.0. The van der Waals surface area contributed by atoms with Crippen LogP contribution < -0.4 is 4.90 Å². The normalized spacial score (nSPS) is 21.9. The van der Waals surface area contributed by atoms with Crippen LogP contribution in [0.15, 0.2) is 29.3 Å². The van der Waals surface area contributed by atoms with Gasteiger partial charge < -0.3 is 9.80 Å². The van der Waals surface area contributed by atoms with Crippen LogP contribution in [0, 0.1) is 0 Å². The number of rotatable bonds is 3. The van der Waals surface area contributed by atoms with Gasteiger partial charge in [-0.05, 0) is 32.4 Å². The number of hydrogen-bond donors (Lipinski definition) is 0. The summed E-state index contributed by atoms with van der Waals surface area (Å²) in [5.41, 5.74) is 2.15. The Morgan fingerprint density at radius 2 is 1.85 bits per heavy atom. The fourth-order valence-electron chi connectivity index (χ4n) is 3.23. The molecule has 1 heterocycles. The summed E-state index contributed by atoms with van der Waals surface area (Å²) in [5, 5.41) is 0. The van der Waals surface area contributed by atoms with Crippen LogP contribution in [0.5, 0.6) is 0 Å². The summed E-state index contributed by atoms with van der Waals surface area (Å²) in [5.74, 6) is 0. The molecule has 4 heteroatoms. The maximum absolute atomic E-state index is 10.8. The molecule has 0 aromatic heterocycles. The Kier molecular flexibility index (Phi) is 3.60. The van der Waals surface area contributed by atoms with Crippen LogP contribution in [-0.4, -0.2) is 44.2 Å². The number of anilines is 1. The van der Waals surface area contributed by atoms with Gasteiger partial charge in [0.05, 0.1) is 0 Å². The van der Waals surface area contributed by atoms with Crippen LogP contribution in [0.25, 0.3) is 0 Å². The molecule has 1 saturated heterocycles. The second-order valence-electron chi connectivity index (χ2n) is 5.90. The van der Waals surface area contributed by atoms with Crippen LogP contribution >= 0.6 is 0 Å². The van der Waals surface area contributed by atoms with Crippen molar-refractivity contribution in [2.24, 2.45) is 4.99 Å². The molecule has 0 amide bonds. The van der Waals surface area contributed by atoms with Gasteiger partial charge in [-0.2, -0.15) is 4.99 Å². The van der Waals surface area contributed by atoms with Crippen molar-refractivity contribution < 1.29 is 4.79 Å². The van der Waals surface area contributed by atoms with E-state index in [9.17, 15) is 4.79 Å². The lowest BCUT2D eigenvalue weighted by Gasteiger charge is -2.42. The molecule has 0 radical (unpaired) electrons. The lowest BCUT2D eigenvalue weighted by Crippen LogP contribution is -2.45. The molecule has 1 aromatic carbocycles. The third kappa shape index (κ3) is 2.26. The Labute approximate surface area is 120 Å². The quantitative estimate of drug-likeness (QED) is 0.624. The molecule has 1 saturated carbocycles. The molecule has 0 bridgehead atoms. The maximum atomic E-state index is 10.8. The zero-order chi connectivity index (χ0) is 14.0. The molecule has 20 heavy (non-hydrogen) atoms. The van der Waals surface area contributed by atoms with Gasteiger partial charge in [-0.15, -0.1) is 0 Å². The molecule has 0 spiro atoms. The summed E-state index contributed by atoms with van der Waals surface area (Å²) in [6, 6.07) is 8.43. The van der Waals surface area contributed by atoms with E-state index in [2.05, 4.69) is 46.1 Å². The highest BCUT2D eigenvalue weighted by atomic mass is 16.1. The summed E-state index contributed by atoms with van der Waals surface area (Å²) >= 11 is 0. The van der Waals surface area contributed by atoms with Crippen molar-refractivity contribution in [3.63, 3.8) is 0 Å². The summed E-state index contributed by atoms with van der Waals surface area (Å²) in [4.78, 5) is 19.7. The largest absolute Gasteiger partial charge is 0.369 e. The van der Waals surface area contributed by atoms with Crippen LogP contribution in [0.3, 0.4) is 0 Å². The van der Waals surface area contributed by atoms with Crippen molar-refractivity contribution in [1.82, 2.24) is 4.90 Å². The number of aliphatic imine (C=N–C) groups is 1. The SMILES string of the molecule is CN1CCN(c2ccccc2C2(N=C=O)CCC2)CC1. The first-order valence-corrected chi connectivity index (χ1v) is 7.37. The van der Waals surface area contributed by atoms with E-state index in [1.807, 2.05) is 0 Å². The number of isocyanates is 1. The lowest BCUT2D eigenvalue weighted by atomic mass is 9.71.